The molecule has 0 unspecified atom stereocenters. The normalized spacial score (nSPS) is 18.4. The van der Waals surface area contributed by atoms with Crippen molar-refractivity contribution in [3.8, 4) is 0 Å². The quantitative estimate of drug-likeness (QED) is 0.778. The minimum absolute atomic E-state index is 0.143. The second-order valence-electron chi connectivity index (χ2n) is 4.80. The number of hydrogen-bond donors (Lipinski definition) is 0. The lowest BCUT2D eigenvalue weighted by molar-refractivity contribution is 0.0520. The number of carbonyl (C=O) groups excluding carboxylic acids is 1. The molecule has 0 saturated carbocycles. The Balaban J connectivity index is 2.16. The van der Waals surface area contributed by atoms with Gasteiger partial charge in [-0.15, -0.1) is 11.3 Å². The van der Waals surface area contributed by atoms with E-state index in [-0.39, 0.29) is 11.5 Å². The van der Waals surface area contributed by atoms with Crippen molar-refractivity contribution in [3.05, 3.63) is 11.1 Å². The average molecular weight is 254 g/mol. The van der Waals surface area contributed by atoms with Crippen LogP contribution in [0.3, 0.4) is 0 Å². The smallest absolute Gasteiger partial charge is 0.357 e. The monoisotopic (exact) mass is 254 g/mol. The predicted octanol–water partition coefficient (Wildman–Crippen LogP) is 2.70. The van der Waals surface area contributed by atoms with Crippen LogP contribution < -0.4 is 4.90 Å². The summed E-state index contributed by atoms with van der Waals surface area (Å²) in [7, 11) is 0. The number of rotatable bonds is 3. The van der Waals surface area contributed by atoms with Gasteiger partial charge < -0.3 is 9.64 Å². The van der Waals surface area contributed by atoms with Crippen molar-refractivity contribution in [2.45, 2.75) is 39.2 Å². The third-order valence-corrected chi connectivity index (χ3v) is 3.97. The number of nitrogens with zero attached hydrogens (tertiary/aromatic N) is 2. The lowest BCUT2D eigenvalue weighted by Crippen LogP contribution is -2.38. The molecule has 0 aliphatic carbocycles. The summed E-state index contributed by atoms with van der Waals surface area (Å²) in [6.07, 6.45) is 2.35. The molecule has 0 atom stereocenters. The molecule has 2 rings (SSSR count). The molecule has 5 heteroatoms. The van der Waals surface area contributed by atoms with Gasteiger partial charge in [0.2, 0.25) is 0 Å². The zero-order chi connectivity index (χ0) is 12.5. The minimum Gasteiger partial charge on any atom is -0.461 e. The van der Waals surface area contributed by atoms with Crippen LogP contribution in [0.25, 0.3) is 0 Å². The Kier molecular flexibility index (Phi) is 3.38. The van der Waals surface area contributed by atoms with Crippen LogP contribution in [0.15, 0.2) is 5.38 Å². The highest BCUT2D eigenvalue weighted by molar-refractivity contribution is 7.14. The van der Waals surface area contributed by atoms with Crippen LogP contribution in [0.1, 0.15) is 44.1 Å². The van der Waals surface area contributed by atoms with Crippen molar-refractivity contribution in [1.29, 1.82) is 0 Å². The summed E-state index contributed by atoms with van der Waals surface area (Å²) in [5.74, 6) is -0.327. The Labute approximate surface area is 106 Å². The summed E-state index contributed by atoms with van der Waals surface area (Å²) in [4.78, 5) is 18.2. The molecule has 1 aromatic rings. The molecule has 0 aromatic carbocycles. The average Bonchev–Trinajstić information content (AvgIpc) is 2.84. The van der Waals surface area contributed by atoms with Crippen molar-refractivity contribution in [1.82, 2.24) is 4.98 Å². The fraction of sp³-hybridized carbons (Fsp3) is 0.667. The van der Waals surface area contributed by atoms with Gasteiger partial charge in [0.15, 0.2) is 10.8 Å². The van der Waals surface area contributed by atoms with Gasteiger partial charge in [-0.1, -0.05) is 0 Å². The molecule has 1 aromatic heterocycles. The summed E-state index contributed by atoms with van der Waals surface area (Å²) in [6.45, 7) is 7.63. The molecule has 4 nitrogen and oxygen atoms in total. The van der Waals surface area contributed by atoms with E-state index in [1.807, 2.05) is 0 Å². The van der Waals surface area contributed by atoms with Gasteiger partial charge in [-0.2, -0.15) is 0 Å². The number of hydrogen-bond acceptors (Lipinski definition) is 5. The Hall–Kier alpha value is -1.10. The van der Waals surface area contributed by atoms with Crippen LogP contribution in [0.4, 0.5) is 5.13 Å². The van der Waals surface area contributed by atoms with Gasteiger partial charge in [0.25, 0.3) is 0 Å². The van der Waals surface area contributed by atoms with Crippen molar-refractivity contribution in [2.75, 3.05) is 18.1 Å². The lowest BCUT2D eigenvalue weighted by Gasteiger charge is -2.31. The van der Waals surface area contributed by atoms with Crippen molar-refractivity contribution in [2.24, 2.45) is 0 Å². The maximum Gasteiger partial charge on any atom is 0.357 e. The Morgan fingerprint density at radius 3 is 3.00 bits per heavy atom. The molecule has 1 aliphatic rings. The van der Waals surface area contributed by atoms with Gasteiger partial charge in [0, 0.05) is 17.5 Å². The number of aromatic nitrogens is 1. The lowest BCUT2D eigenvalue weighted by atomic mass is 10.0. The largest absolute Gasteiger partial charge is 0.461 e. The SMILES string of the molecule is CCOC(=O)c1csc(N2CCCC2(C)C)n1. The van der Waals surface area contributed by atoms with E-state index in [9.17, 15) is 4.79 Å². The molecular weight excluding hydrogens is 236 g/mol. The van der Waals surface area contributed by atoms with Crippen LogP contribution in [0.5, 0.6) is 0 Å². The topological polar surface area (TPSA) is 42.4 Å². The number of anilines is 1. The fourth-order valence-corrected chi connectivity index (χ4v) is 3.13. The van der Waals surface area contributed by atoms with Crippen molar-refractivity contribution < 1.29 is 9.53 Å². The number of carbonyl (C=O) groups is 1. The number of thiazole rings is 1. The highest BCUT2D eigenvalue weighted by Gasteiger charge is 2.34. The van der Waals surface area contributed by atoms with E-state index in [4.69, 9.17) is 4.74 Å². The molecule has 1 saturated heterocycles. The third-order valence-electron chi connectivity index (χ3n) is 3.11. The summed E-state index contributed by atoms with van der Waals surface area (Å²) >= 11 is 1.52. The predicted molar refractivity (Wildman–Crippen MR) is 68.7 cm³/mol. The van der Waals surface area contributed by atoms with Gasteiger partial charge >= 0.3 is 5.97 Å². The molecule has 0 N–H and O–H groups in total. The molecule has 0 spiro atoms. The van der Waals surface area contributed by atoms with E-state index < -0.39 is 0 Å². The fourth-order valence-electron chi connectivity index (χ4n) is 2.15. The first kappa shape index (κ1) is 12.4. The maximum absolute atomic E-state index is 11.5. The van der Waals surface area contributed by atoms with Crippen molar-refractivity contribution >= 4 is 22.4 Å². The van der Waals surface area contributed by atoms with Gasteiger partial charge in [-0.05, 0) is 33.6 Å². The first-order valence-corrected chi connectivity index (χ1v) is 6.83. The number of ether oxygens (including phenoxy) is 1. The molecule has 0 radical (unpaired) electrons. The van der Waals surface area contributed by atoms with Gasteiger partial charge in [-0.3, -0.25) is 0 Å². The van der Waals surface area contributed by atoms with Crippen LogP contribution in [-0.2, 0) is 4.74 Å². The van der Waals surface area contributed by atoms with Crippen LogP contribution >= 0.6 is 11.3 Å². The summed E-state index contributed by atoms with van der Waals surface area (Å²) < 4.78 is 4.94. The van der Waals surface area contributed by atoms with E-state index in [0.29, 0.717) is 12.3 Å². The zero-order valence-electron chi connectivity index (χ0n) is 10.5. The summed E-state index contributed by atoms with van der Waals surface area (Å²) in [5, 5.41) is 2.71. The van der Waals surface area contributed by atoms with Gasteiger partial charge in [0.05, 0.1) is 6.61 Å². The first-order chi connectivity index (χ1) is 8.04. The molecular formula is C12H18N2O2S. The first-order valence-electron chi connectivity index (χ1n) is 5.95. The number of esters is 1. The second kappa shape index (κ2) is 4.64. The van der Waals surface area contributed by atoms with E-state index in [1.54, 1.807) is 12.3 Å². The molecule has 94 valence electrons. The third kappa shape index (κ3) is 2.44. The van der Waals surface area contributed by atoms with E-state index >= 15 is 0 Å². The van der Waals surface area contributed by atoms with Gasteiger partial charge in [0.1, 0.15) is 0 Å². The Morgan fingerprint density at radius 1 is 1.65 bits per heavy atom. The highest BCUT2D eigenvalue weighted by Crippen LogP contribution is 2.35. The molecule has 1 fully saturated rings. The standard InChI is InChI=1S/C12H18N2O2S/c1-4-16-10(15)9-8-17-11(13-9)14-7-5-6-12(14,2)3/h8H,4-7H2,1-3H3. The molecule has 0 bridgehead atoms. The molecule has 2 heterocycles. The minimum atomic E-state index is -0.327. The molecule has 0 amide bonds. The van der Waals surface area contributed by atoms with Crippen LogP contribution in [0.2, 0.25) is 0 Å². The zero-order valence-corrected chi connectivity index (χ0v) is 11.3. The summed E-state index contributed by atoms with van der Waals surface area (Å²) in [5.41, 5.74) is 0.568. The van der Waals surface area contributed by atoms with Crippen LogP contribution in [0, 0.1) is 0 Å². The Bertz CT molecular complexity index is 414. The van der Waals surface area contributed by atoms with Crippen LogP contribution in [-0.4, -0.2) is 29.6 Å². The molecule has 1 aliphatic heterocycles. The maximum atomic E-state index is 11.5. The van der Waals surface area contributed by atoms with E-state index in [1.165, 1.54) is 24.2 Å². The van der Waals surface area contributed by atoms with Crippen molar-refractivity contribution in [3.63, 3.8) is 0 Å². The Morgan fingerprint density at radius 2 is 2.41 bits per heavy atom. The summed E-state index contributed by atoms with van der Waals surface area (Å²) in [6, 6.07) is 0. The molecule has 17 heavy (non-hydrogen) atoms. The second-order valence-corrected chi connectivity index (χ2v) is 5.64. The van der Waals surface area contributed by atoms with E-state index in [2.05, 4.69) is 23.7 Å². The van der Waals surface area contributed by atoms with E-state index in [0.717, 1.165) is 11.7 Å². The highest BCUT2D eigenvalue weighted by atomic mass is 32.1. The van der Waals surface area contributed by atoms with Gasteiger partial charge in [-0.25, -0.2) is 9.78 Å².